The van der Waals surface area contributed by atoms with E-state index in [1.54, 1.807) is 6.07 Å². The van der Waals surface area contributed by atoms with E-state index in [-0.39, 0.29) is 11.2 Å². The molecule has 1 aromatic heterocycles. The Kier molecular flexibility index (Phi) is 3.73. The molecule has 0 spiro atoms. The molecule has 2 aromatic rings. The number of sulfonamides is 1. The minimum Gasteiger partial charge on any atom is -0.328 e. The van der Waals surface area contributed by atoms with Crippen molar-refractivity contribution in [3.63, 3.8) is 0 Å². The first-order chi connectivity index (χ1) is 9.65. The number of nitrogens with one attached hydrogen (secondary N) is 3. The number of H-pyrrole nitrogens is 1. The van der Waals surface area contributed by atoms with Crippen LogP contribution in [0.5, 0.6) is 0 Å². The van der Waals surface area contributed by atoms with Crippen LogP contribution in [-0.4, -0.2) is 37.5 Å². The van der Waals surface area contributed by atoms with Gasteiger partial charge in [0, 0.05) is 12.6 Å². The number of hydrogen-bond acceptors (Lipinski definition) is 4. The summed E-state index contributed by atoms with van der Waals surface area (Å²) in [6.07, 6.45) is 3.31. The van der Waals surface area contributed by atoms with Crippen molar-refractivity contribution in [2.24, 2.45) is 0 Å². The Morgan fingerprint density at radius 1 is 1.30 bits per heavy atom. The molecular weight excluding hydrogens is 276 g/mol. The molecule has 1 atom stereocenters. The van der Waals surface area contributed by atoms with Gasteiger partial charge in [-0.3, -0.25) is 0 Å². The average molecular weight is 294 g/mol. The quantitative estimate of drug-likeness (QED) is 0.784. The van der Waals surface area contributed by atoms with Crippen LogP contribution in [0.4, 0.5) is 0 Å². The summed E-state index contributed by atoms with van der Waals surface area (Å²) in [5.41, 5.74) is 1.38. The summed E-state index contributed by atoms with van der Waals surface area (Å²) >= 11 is 0. The van der Waals surface area contributed by atoms with Crippen molar-refractivity contribution < 1.29 is 8.42 Å². The fourth-order valence-corrected chi connectivity index (χ4v) is 3.45. The zero-order valence-electron chi connectivity index (χ0n) is 11.1. The third-order valence-electron chi connectivity index (χ3n) is 3.55. The number of piperidine rings is 1. The third kappa shape index (κ3) is 2.84. The van der Waals surface area contributed by atoms with Crippen molar-refractivity contribution in [2.45, 2.75) is 30.5 Å². The maximum absolute atomic E-state index is 12.2. The Labute approximate surface area is 118 Å². The van der Waals surface area contributed by atoms with Crippen molar-refractivity contribution in [1.82, 2.24) is 20.0 Å². The topological polar surface area (TPSA) is 86.9 Å². The van der Waals surface area contributed by atoms with Gasteiger partial charge in [0.15, 0.2) is 0 Å². The zero-order valence-corrected chi connectivity index (χ0v) is 11.9. The number of imidazole rings is 1. The Balaban J connectivity index is 1.73. The molecule has 0 saturated carbocycles. The lowest BCUT2D eigenvalue weighted by Crippen LogP contribution is -2.43. The van der Waals surface area contributed by atoms with Gasteiger partial charge in [-0.1, -0.05) is 18.6 Å². The molecule has 0 amide bonds. The predicted octanol–water partition coefficient (Wildman–Crippen LogP) is 0.983. The molecule has 20 heavy (non-hydrogen) atoms. The van der Waals surface area contributed by atoms with E-state index in [1.807, 2.05) is 18.2 Å². The summed E-state index contributed by atoms with van der Waals surface area (Å²) in [7, 11) is -3.58. The van der Waals surface area contributed by atoms with Crippen molar-refractivity contribution in [3.05, 3.63) is 24.3 Å². The lowest BCUT2D eigenvalue weighted by Gasteiger charge is -2.23. The fourth-order valence-electron chi connectivity index (χ4n) is 2.43. The normalized spacial score (nSPS) is 20.3. The van der Waals surface area contributed by atoms with Crippen LogP contribution < -0.4 is 10.0 Å². The fraction of sp³-hybridized carbons (Fsp3) is 0.462. The molecule has 3 N–H and O–H groups in total. The van der Waals surface area contributed by atoms with E-state index < -0.39 is 10.0 Å². The SMILES string of the molecule is O=S(=O)(NCC1CCCCN1)c1nc2ccccc2[nH]1. The molecule has 6 nitrogen and oxygen atoms in total. The maximum Gasteiger partial charge on any atom is 0.274 e. The van der Waals surface area contributed by atoms with E-state index in [9.17, 15) is 8.42 Å². The second-order valence-electron chi connectivity index (χ2n) is 5.06. The molecule has 1 fully saturated rings. The van der Waals surface area contributed by atoms with Gasteiger partial charge in [0.05, 0.1) is 11.0 Å². The molecule has 1 aliphatic rings. The average Bonchev–Trinajstić information content (AvgIpc) is 2.91. The van der Waals surface area contributed by atoms with Gasteiger partial charge in [0.2, 0.25) is 5.16 Å². The van der Waals surface area contributed by atoms with Gasteiger partial charge in [-0.25, -0.2) is 18.1 Å². The minimum atomic E-state index is -3.58. The highest BCUT2D eigenvalue weighted by molar-refractivity contribution is 7.89. The summed E-state index contributed by atoms with van der Waals surface area (Å²) in [5, 5.41) is 3.29. The van der Waals surface area contributed by atoms with Crippen LogP contribution in [0.2, 0.25) is 0 Å². The monoisotopic (exact) mass is 294 g/mol. The molecule has 108 valence electrons. The van der Waals surface area contributed by atoms with Crippen molar-refractivity contribution in [2.75, 3.05) is 13.1 Å². The zero-order chi connectivity index (χ0) is 14.0. The van der Waals surface area contributed by atoms with Crippen molar-refractivity contribution in [1.29, 1.82) is 0 Å². The molecule has 3 rings (SSSR count). The Hall–Kier alpha value is -1.44. The van der Waals surface area contributed by atoms with Gasteiger partial charge < -0.3 is 10.3 Å². The lowest BCUT2D eigenvalue weighted by molar-refractivity contribution is 0.398. The number of rotatable bonds is 4. The van der Waals surface area contributed by atoms with E-state index in [0.717, 1.165) is 31.3 Å². The van der Waals surface area contributed by atoms with Crippen LogP contribution in [0.15, 0.2) is 29.4 Å². The lowest BCUT2D eigenvalue weighted by atomic mass is 10.1. The van der Waals surface area contributed by atoms with E-state index >= 15 is 0 Å². The van der Waals surface area contributed by atoms with Crippen LogP contribution in [0.25, 0.3) is 11.0 Å². The second-order valence-corrected chi connectivity index (χ2v) is 6.74. The molecule has 0 aliphatic carbocycles. The van der Waals surface area contributed by atoms with Crippen LogP contribution in [0, 0.1) is 0 Å². The Morgan fingerprint density at radius 2 is 2.15 bits per heavy atom. The summed E-state index contributed by atoms with van der Waals surface area (Å²) in [5.74, 6) is 0. The molecule has 1 aromatic carbocycles. The summed E-state index contributed by atoms with van der Waals surface area (Å²) in [4.78, 5) is 6.96. The van der Waals surface area contributed by atoms with Gasteiger partial charge in [-0.15, -0.1) is 0 Å². The maximum atomic E-state index is 12.2. The molecule has 2 heterocycles. The number of aromatic nitrogens is 2. The summed E-state index contributed by atoms with van der Waals surface area (Å²) < 4.78 is 27.0. The number of benzene rings is 1. The number of nitrogens with zero attached hydrogens (tertiary/aromatic N) is 1. The van der Waals surface area contributed by atoms with E-state index in [0.29, 0.717) is 12.1 Å². The molecule has 1 aliphatic heterocycles. The molecule has 1 saturated heterocycles. The number of para-hydroxylation sites is 2. The van der Waals surface area contributed by atoms with Crippen molar-refractivity contribution >= 4 is 21.1 Å². The van der Waals surface area contributed by atoms with E-state index in [1.165, 1.54) is 0 Å². The summed E-state index contributed by atoms with van der Waals surface area (Å²) in [6, 6.07) is 7.48. The molecule has 1 unspecified atom stereocenters. The number of fused-ring (bicyclic) bond motifs is 1. The largest absolute Gasteiger partial charge is 0.328 e. The summed E-state index contributed by atoms with van der Waals surface area (Å²) in [6.45, 7) is 1.36. The highest BCUT2D eigenvalue weighted by Crippen LogP contribution is 2.14. The molecular formula is C13H18N4O2S. The third-order valence-corrected chi connectivity index (χ3v) is 4.80. The number of hydrogen-bond donors (Lipinski definition) is 3. The van der Waals surface area contributed by atoms with Crippen LogP contribution in [0.3, 0.4) is 0 Å². The Morgan fingerprint density at radius 3 is 2.90 bits per heavy atom. The highest BCUT2D eigenvalue weighted by Gasteiger charge is 2.21. The van der Waals surface area contributed by atoms with Crippen LogP contribution >= 0.6 is 0 Å². The first kappa shape index (κ1) is 13.5. The van der Waals surface area contributed by atoms with Gasteiger partial charge in [-0.2, -0.15) is 0 Å². The van der Waals surface area contributed by atoms with Gasteiger partial charge >= 0.3 is 0 Å². The Bertz CT molecular complexity index is 656. The van der Waals surface area contributed by atoms with Gasteiger partial charge in [0.1, 0.15) is 0 Å². The molecule has 0 bridgehead atoms. The van der Waals surface area contributed by atoms with Gasteiger partial charge in [0.25, 0.3) is 10.0 Å². The smallest absolute Gasteiger partial charge is 0.274 e. The van der Waals surface area contributed by atoms with Crippen molar-refractivity contribution in [3.8, 4) is 0 Å². The molecule has 7 heteroatoms. The second kappa shape index (κ2) is 5.51. The number of aromatic amines is 1. The van der Waals surface area contributed by atoms with E-state index in [2.05, 4.69) is 20.0 Å². The predicted molar refractivity (Wildman–Crippen MR) is 76.9 cm³/mol. The highest BCUT2D eigenvalue weighted by atomic mass is 32.2. The van der Waals surface area contributed by atoms with Crippen LogP contribution in [0.1, 0.15) is 19.3 Å². The van der Waals surface area contributed by atoms with Crippen LogP contribution in [-0.2, 0) is 10.0 Å². The first-order valence-electron chi connectivity index (χ1n) is 6.83. The van der Waals surface area contributed by atoms with Gasteiger partial charge in [-0.05, 0) is 31.5 Å². The molecule has 0 radical (unpaired) electrons. The standard InChI is InChI=1S/C13H18N4O2S/c18-20(19,15-9-10-5-3-4-8-14-10)13-16-11-6-1-2-7-12(11)17-13/h1-2,6-7,10,14-15H,3-5,8-9H2,(H,16,17). The first-order valence-corrected chi connectivity index (χ1v) is 8.31. The minimum absolute atomic E-state index is 0.0190. The van der Waals surface area contributed by atoms with E-state index in [4.69, 9.17) is 0 Å².